The second kappa shape index (κ2) is 4.10. The van der Waals surface area contributed by atoms with Crippen LogP contribution in [0, 0.1) is 0 Å². The predicted octanol–water partition coefficient (Wildman–Crippen LogP) is -2.83. The molecule has 0 saturated heterocycles. The fraction of sp³-hybridized carbons (Fsp3) is 0. The molecule has 0 aromatic rings. The molecule has 0 atom stereocenters. The van der Waals surface area contributed by atoms with Crippen molar-refractivity contribution in [3.8, 4) is 0 Å². The van der Waals surface area contributed by atoms with Crippen molar-refractivity contribution in [1.29, 1.82) is 0 Å². The van der Waals surface area contributed by atoms with E-state index >= 15 is 0 Å². The summed E-state index contributed by atoms with van der Waals surface area (Å²) in [4.78, 5) is 0. The van der Waals surface area contributed by atoms with Crippen molar-refractivity contribution < 1.29 is 20.1 Å². The van der Waals surface area contributed by atoms with Crippen LogP contribution in [0.3, 0.4) is 0 Å². The van der Waals surface area contributed by atoms with E-state index in [2.05, 4.69) is 0 Å². The van der Waals surface area contributed by atoms with E-state index in [1.807, 2.05) is 0 Å². The molecule has 0 bridgehead atoms. The van der Waals surface area contributed by atoms with Crippen molar-refractivity contribution >= 4 is 14.0 Å². The highest BCUT2D eigenvalue weighted by Gasteiger charge is 2.23. The van der Waals surface area contributed by atoms with Crippen molar-refractivity contribution in [2.24, 2.45) is 0 Å². The maximum Gasteiger partial charge on any atom is 0.482 e. The van der Waals surface area contributed by atoms with Gasteiger partial charge >= 0.3 is 14.0 Å². The molecular weight excluding hydrogens is 99.6 g/mol. The summed E-state index contributed by atoms with van der Waals surface area (Å²) in [5, 5.41) is 30.7. The van der Waals surface area contributed by atoms with Gasteiger partial charge in [-0.2, -0.15) is 0 Å². The van der Waals surface area contributed by atoms with Crippen molar-refractivity contribution in [1.82, 2.24) is 6.15 Å². The first-order valence-corrected chi connectivity index (χ1v) is 1.37. The lowest BCUT2D eigenvalue weighted by Gasteiger charge is -1.89. The molecule has 7 heteroatoms. The first-order chi connectivity index (χ1) is 2.64. The van der Waals surface area contributed by atoms with Crippen LogP contribution in [0.1, 0.15) is 0 Å². The van der Waals surface area contributed by atoms with Gasteiger partial charge in [-0.05, 0) is 0 Å². The Kier molecular flexibility index (Phi) is 5.87. The molecule has 0 spiro atoms. The van der Waals surface area contributed by atoms with Gasteiger partial charge in [0.15, 0.2) is 0 Å². The molecule has 0 aromatic carbocycles. The van der Waals surface area contributed by atoms with Gasteiger partial charge < -0.3 is 26.2 Å². The Bertz CT molecular complexity index is 30.7. The van der Waals surface area contributed by atoms with E-state index in [1.165, 1.54) is 0 Å². The van der Waals surface area contributed by atoms with Crippen LogP contribution < -0.4 is 6.15 Å². The molecule has 7 N–H and O–H groups in total. The van der Waals surface area contributed by atoms with Gasteiger partial charge in [0.05, 0.1) is 0 Å². The molecule has 0 aliphatic heterocycles. The molecule has 0 rings (SSSR count). The molecule has 0 unspecified atom stereocenters. The molecule has 0 radical (unpaired) electrons. The highest BCUT2D eigenvalue weighted by molar-refractivity contribution is 7.07. The summed E-state index contributed by atoms with van der Waals surface area (Å²) in [5.74, 6) is 0. The molecule has 5 nitrogen and oxygen atoms in total. The number of rotatable bonds is 1. The monoisotopic (exact) mass is 107 g/mol. The first kappa shape index (κ1) is 10.0. The third-order valence-corrected chi connectivity index (χ3v) is 0.267. The highest BCUT2D eigenvalue weighted by atomic mass is 16.4. The van der Waals surface area contributed by atoms with E-state index in [4.69, 9.17) is 20.1 Å². The smallest absolute Gasteiger partial charge is 0.429 e. The van der Waals surface area contributed by atoms with E-state index < -0.39 is 14.0 Å². The number of hydrogen-bond acceptors (Lipinski definition) is 5. The molecule has 0 fully saturated rings. The Hall–Kier alpha value is -0.0701. The van der Waals surface area contributed by atoms with Gasteiger partial charge in [-0.25, -0.2) is 0 Å². The van der Waals surface area contributed by atoms with Gasteiger partial charge in [0.1, 0.15) is 0 Å². The van der Waals surface area contributed by atoms with Crippen LogP contribution in [0.4, 0.5) is 0 Å². The zero-order chi connectivity index (χ0) is 5.15. The molecule has 0 aliphatic rings. The Morgan fingerprint density at radius 2 is 0.857 bits per heavy atom. The van der Waals surface area contributed by atoms with Crippen LogP contribution in [0.2, 0.25) is 0 Å². The maximum atomic E-state index is 7.69. The summed E-state index contributed by atoms with van der Waals surface area (Å²) in [6, 6.07) is 0. The minimum atomic E-state index is -2.04. The fourth-order valence-electron chi connectivity index (χ4n) is 0. The lowest BCUT2D eigenvalue weighted by Crippen LogP contribution is -2.35. The zero-order valence-corrected chi connectivity index (χ0v) is 3.65. The maximum absolute atomic E-state index is 7.69. The average molecular weight is 107 g/mol. The molecule has 7 heavy (non-hydrogen) atoms. The van der Waals surface area contributed by atoms with E-state index in [0.29, 0.717) is 0 Å². The molecular formula is H7B2NO4. The average Bonchev–Trinajstić information content (AvgIpc) is 1.36. The molecule has 0 aliphatic carbocycles. The second-order valence-electron chi connectivity index (χ2n) is 0.827. The minimum Gasteiger partial charge on any atom is -0.429 e. The summed E-state index contributed by atoms with van der Waals surface area (Å²) >= 11 is 0. The van der Waals surface area contributed by atoms with Crippen LogP contribution in [0.15, 0.2) is 0 Å². The lowest BCUT2D eigenvalue weighted by molar-refractivity contribution is 0.368. The molecule has 0 aromatic heterocycles. The topological polar surface area (TPSA) is 116 Å². The third-order valence-electron chi connectivity index (χ3n) is 0.267. The molecule has 0 saturated carbocycles. The molecule has 42 valence electrons. The standard InChI is InChI=1S/B2H4O4.H3N/c3-1(4)2(5)6;/h3-6H;1H3. The van der Waals surface area contributed by atoms with E-state index in [1.54, 1.807) is 0 Å². The van der Waals surface area contributed by atoms with Crippen molar-refractivity contribution in [2.45, 2.75) is 0 Å². The fourth-order valence-corrected chi connectivity index (χ4v) is 0. The first-order valence-electron chi connectivity index (χ1n) is 1.37. The largest absolute Gasteiger partial charge is 0.482 e. The van der Waals surface area contributed by atoms with Gasteiger partial charge in [0.25, 0.3) is 0 Å². The zero-order valence-electron chi connectivity index (χ0n) is 3.65. The SMILES string of the molecule is N.OB(O)B(O)O. The molecule has 0 heterocycles. The quantitative estimate of drug-likeness (QED) is 0.231. The van der Waals surface area contributed by atoms with Gasteiger partial charge in [-0.1, -0.05) is 0 Å². The predicted molar refractivity (Wildman–Crippen MR) is 25.4 cm³/mol. The minimum absolute atomic E-state index is 0. The van der Waals surface area contributed by atoms with Crippen LogP contribution in [0.5, 0.6) is 0 Å². The number of hydrogen-bond donors (Lipinski definition) is 5. The van der Waals surface area contributed by atoms with E-state index in [-0.39, 0.29) is 6.15 Å². The van der Waals surface area contributed by atoms with Gasteiger partial charge in [0.2, 0.25) is 0 Å². The van der Waals surface area contributed by atoms with Crippen LogP contribution in [0.25, 0.3) is 0 Å². The Morgan fingerprint density at radius 3 is 0.857 bits per heavy atom. The summed E-state index contributed by atoms with van der Waals surface area (Å²) in [5.41, 5.74) is 0. The Labute approximate surface area is 41.5 Å². The Balaban J connectivity index is 0. The molecule has 0 amide bonds. The third kappa shape index (κ3) is 5.93. The lowest BCUT2D eigenvalue weighted by atomic mass is 9.50. The summed E-state index contributed by atoms with van der Waals surface area (Å²) < 4.78 is 0. The van der Waals surface area contributed by atoms with Crippen molar-refractivity contribution in [3.63, 3.8) is 0 Å². The van der Waals surface area contributed by atoms with Crippen LogP contribution in [-0.2, 0) is 0 Å². The van der Waals surface area contributed by atoms with Crippen molar-refractivity contribution in [3.05, 3.63) is 0 Å². The van der Waals surface area contributed by atoms with Crippen LogP contribution in [-0.4, -0.2) is 34.1 Å². The Morgan fingerprint density at radius 1 is 0.714 bits per heavy atom. The van der Waals surface area contributed by atoms with E-state index in [9.17, 15) is 0 Å². The van der Waals surface area contributed by atoms with Crippen LogP contribution >= 0.6 is 0 Å². The second-order valence-corrected chi connectivity index (χ2v) is 0.827. The van der Waals surface area contributed by atoms with Gasteiger partial charge in [-0.3, -0.25) is 0 Å². The van der Waals surface area contributed by atoms with Gasteiger partial charge in [0, 0.05) is 0 Å². The normalized spacial score (nSPS) is 6.86. The summed E-state index contributed by atoms with van der Waals surface area (Å²) in [6.07, 6.45) is 0. The summed E-state index contributed by atoms with van der Waals surface area (Å²) in [7, 11) is -4.07. The van der Waals surface area contributed by atoms with Crippen molar-refractivity contribution in [2.75, 3.05) is 0 Å². The van der Waals surface area contributed by atoms with Gasteiger partial charge in [-0.15, -0.1) is 0 Å². The van der Waals surface area contributed by atoms with E-state index in [0.717, 1.165) is 0 Å². The summed E-state index contributed by atoms with van der Waals surface area (Å²) in [6.45, 7) is 0. The highest BCUT2D eigenvalue weighted by Crippen LogP contribution is 1.65.